The van der Waals surface area contributed by atoms with Crippen molar-refractivity contribution in [3.63, 3.8) is 0 Å². The minimum Gasteiger partial charge on any atom is -0.254 e. The van der Waals surface area contributed by atoms with Gasteiger partial charge in [-0.1, -0.05) is 109 Å². The Hall–Kier alpha value is -5.85. The summed E-state index contributed by atoms with van der Waals surface area (Å²) in [6.07, 6.45) is 1.82. The van der Waals surface area contributed by atoms with Gasteiger partial charge in [0.15, 0.2) is 17.5 Å². The van der Waals surface area contributed by atoms with Crippen LogP contribution in [0, 0.1) is 0 Å². The van der Waals surface area contributed by atoms with Gasteiger partial charge in [-0.15, -0.1) is 11.3 Å². The highest BCUT2D eigenvalue weighted by Gasteiger charge is 2.19. The molecule has 0 aliphatic carbocycles. The van der Waals surface area contributed by atoms with E-state index in [-0.39, 0.29) is 0 Å². The van der Waals surface area contributed by atoms with Crippen molar-refractivity contribution in [3.05, 3.63) is 140 Å². The highest BCUT2D eigenvalue weighted by Crippen LogP contribution is 2.40. The van der Waals surface area contributed by atoms with E-state index in [0.29, 0.717) is 17.5 Å². The lowest BCUT2D eigenvalue weighted by atomic mass is 10.0. The summed E-state index contributed by atoms with van der Waals surface area (Å²) in [4.78, 5) is 25.1. The van der Waals surface area contributed by atoms with Crippen molar-refractivity contribution in [2.75, 3.05) is 0 Å². The fourth-order valence-corrected chi connectivity index (χ4v) is 7.24. The molecule has 0 aliphatic rings. The molecule has 210 valence electrons. The normalized spacial score (nSPS) is 11.6. The topological polar surface area (TPSA) is 64.5 Å². The number of fused-ring (bicyclic) bond motifs is 6. The predicted molar refractivity (Wildman–Crippen MR) is 185 cm³/mol. The van der Waals surface area contributed by atoms with Crippen LogP contribution in [-0.2, 0) is 0 Å². The van der Waals surface area contributed by atoms with E-state index >= 15 is 0 Å². The summed E-state index contributed by atoms with van der Waals surface area (Å²) in [5.41, 5.74) is 6.37. The molecule has 0 spiro atoms. The first kappa shape index (κ1) is 25.6. The Bertz CT molecular complexity index is 2560. The van der Waals surface area contributed by atoms with Crippen LogP contribution in [0.25, 0.3) is 87.4 Å². The number of thiophene rings is 1. The summed E-state index contributed by atoms with van der Waals surface area (Å²) in [5.74, 6) is 1.88. The van der Waals surface area contributed by atoms with Crippen LogP contribution in [0.2, 0.25) is 0 Å². The summed E-state index contributed by atoms with van der Waals surface area (Å²) in [5, 5.41) is 4.56. The Morgan fingerprint density at radius 3 is 1.98 bits per heavy atom. The molecule has 0 aliphatic heterocycles. The second-order valence-electron chi connectivity index (χ2n) is 10.9. The smallest absolute Gasteiger partial charge is 0.165 e. The zero-order chi connectivity index (χ0) is 29.7. The molecule has 0 N–H and O–H groups in total. The fraction of sp³-hybridized carbons (Fsp3) is 0. The van der Waals surface area contributed by atoms with Crippen LogP contribution in [0.5, 0.6) is 0 Å². The van der Waals surface area contributed by atoms with Crippen molar-refractivity contribution in [2.24, 2.45) is 0 Å². The molecule has 6 heteroatoms. The number of benzene rings is 5. The van der Waals surface area contributed by atoms with Crippen molar-refractivity contribution < 1.29 is 0 Å². The average Bonchev–Trinajstić information content (AvgIpc) is 3.50. The molecule has 0 amide bonds. The van der Waals surface area contributed by atoms with Gasteiger partial charge in [-0.3, -0.25) is 4.98 Å². The van der Waals surface area contributed by atoms with Crippen molar-refractivity contribution in [2.45, 2.75) is 0 Å². The van der Waals surface area contributed by atoms with Crippen molar-refractivity contribution >= 4 is 53.3 Å². The number of pyridine rings is 2. The number of hydrogen-bond acceptors (Lipinski definition) is 6. The Labute approximate surface area is 262 Å². The highest BCUT2D eigenvalue weighted by molar-refractivity contribution is 7.26. The van der Waals surface area contributed by atoms with Crippen LogP contribution in [0.3, 0.4) is 0 Å². The number of nitrogens with zero attached hydrogens (tertiary/aromatic N) is 5. The van der Waals surface area contributed by atoms with E-state index in [1.807, 2.05) is 54.7 Å². The molecule has 45 heavy (non-hydrogen) atoms. The van der Waals surface area contributed by atoms with Gasteiger partial charge in [0.05, 0.1) is 16.7 Å². The summed E-state index contributed by atoms with van der Waals surface area (Å²) in [6.45, 7) is 0. The second kappa shape index (κ2) is 10.4. The van der Waals surface area contributed by atoms with Crippen molar-refractivity contribution in [1.82, 2.24) is 24.9 Å². The number of aromatic nitrogens is 5. The molecule has 5 nitrogen and oxygen atoms in total. The van der Waals surface area contributed by atoms with Crippen LogP contribution < -0.4 is 0 Å². The lowest BCUT2D eigenvalue weighted by molar-refractivity contribution is 1.08. The molecule has 0 saturated carbocycles. The fourth-order valence-electron chi connectivity index (χ4n) is 6.03. The minimum absolute atomic E-state index is 0.602. The molecule has 0 atom stereocenters. The van der Waals surface area contributed by atoms with Crippen molar-refractivity contribution in [3.8, 4) is 45.4 Å². The summed E-state index contributed by atoms with van der Waals surface area (Å²) < 4.78 is 2.41. The van der Waals surface area contributed by atoms with Crippen LogP contribution in [0.4, 0.5) is 0 Å². The molecule has 0 fully saturated rings. The lowest BCUT2D eigenvalue weighted by Gasteiger charge is -2.12. The van der Waals surface area contributed by atoms with Crippen LogP contribution in [-0.4, -0.2) is 24.9 Å². The van der Waals surface area contributed by atoms with Crippen molar-refractivity contribution in [1.29, 1.82) is 0 Å². The van der Waals surface area contributed by atoms with Gasteiger partial charge in [0.25, 0.3) is 0 Å². The third kappa shape index (κ3) is 4.34. The first-order valence-corrected chi connectivity index (χ1v) is 15.6. The Morgan fingerprint density at radius 2 is 1.09 bits per heavy atom. The first-order chi connectivity index (χ1) is 22.3. The van der Waals surface area contributed by atoms with Crippen LogP contribution in [0.15, 0.2) is 140 Å². The zero-order valence-corrected chi connectivity index (χ0v) is 24.7. The summed E-state index contributed by atoms with van der Waals surface area (Å²) in [7, 11) is 0. The highest BCUT2D eigenvalue weighted by atomic mass is 32.1. The van der Waals surface area contributed by atoms with E-state index in [4.69, 9.17) is 19.9 Å². The van der Waals surface area contributed by atoms with E-state index in [1.165, 1.54) is 20.2 Å². The average molecular weight is 594 g/mol. The Kier molecular flexibility index (Phi) is 5.92. The van der Waals surface area contributed by atoms with E-state index in [2.05, 4.69) is 89.9 Å². The molecule has 0 bridgehead atoms. The SMILES string of the molecule is c1ccc(-c2nc(-c3ccccc3-c3ccc4ccc5cccnc5c4n3)nc(-c3cccc4c3sc3ccccc34)n2)cc1. The van der Waals surface area contributed by atoms with Crippen LogP contribution >= 0.6 is 11.3 Å². The van der Waals surface area contributed by atoms with Gasteiger partial charge in [-0.25, -0.2) is 19.9 Å². The largest absolute Gasteiger partial charge is 0.254 e. The Balaban J connectivity index is 1.28. The van der Waals surface area contributed by atoms with E-state index < -0.39 is 0 Å². The maximum Gasteiger partial charge on any atom is 0.165 e. The lowest BCUT2D eigenvalue weighted by Crippen LogP contribution is -2.01. The van der Waals surface area contributed by atoms with Gasteiger partial charge in [-0.2, -0.15) is 0 Å². The van der Waals surface area contributed by atoms with Gasteiger partial charge in [0, 0.05) is 59.4 Å². The van der Waals surface area contributed by atoms with E-state index in [9.17, 15) is 0 Å². The third-order valence-electron chi connectivity index (χ3n) is 8.19. The number of hydrogen-bond donors (Lipinski definition) is 0. The molecule has 0 radical (unpaired) electrons. The van der Waals surface area contributed by atoms with Gasteiger partial charge < -0.3 is 0 Å². The molecule has 0 saturated heterocycles. The molecule has 4 aromatic heterocycles. The zero-order valence-electron chi connectivity index (χ0n) is 23.9. The maximum atomic E-state index is 5.16. The van der Waals surface area contributed by atoms with E-state index in [0.717, 1.165) is 49.8 Å². The molecule has 9 aromatic rings. The number of rotatable bonds is 4. The van der Waals surface area contributed by atoms with Crippen LogP contribution in [0.1, 0.15) is 0 Å². The predicted octanol–water partition coefficient (Wildman–Crippen LogP) is 10.0. The van der Waals surface area contributed by atoms with Gasteiger partial charge in [0.2, 0.25) is 0 Å². The molecular formula is C39H23N5S. The summed E-state index contributed by atoms with van der Waals surface area (Å²) in [6, 6.07) is 45.6. The first-order valence-electron chi connectivity index (χ1n) is 14.8. The standard InChI is InChI=1S/C39H23N5S/c1-2-10-26(11-3-1)37-42-38(44-39(43-37)31-17-8-16-29-28-14-6-7-18-33(28)45-36(29)31)30-15-5-4-13-27(30)32-22-21-25-20-19-24-12-9-23-40-34(24)35(25)41-32/h1-23H. The summed E-state index contributed by atoms with van der Waals surface area (Å²) >= 11 is 1.77. The monoisotopic (exact) mass is 593 g/mol. The molecule has 4 heterocycles. The van der Waals surface area contributed by atoms with E-state index in [1.54, 1.807) is 11.3 Å². The molecule has 9 rings (SSSR count). The quantitative estimate of drug-likeness (QED) is 0.190. The van der Waals surface area contributed by atoms with Gasteiger partial charge >= 0.3 is 0 Å². The molecule has 5 aromatic carbocycles. The van der Waals surface area contributed by atoms with Gasteiger partial charge in [0.1, 0.15) is 0 Å². The maximum absolute atomic E-state index is 5.16. The van der Waals surface area contributed by atoms with Gasteiger partial charge in [-0.05, 0) is 24.3 Å². The minimum atomic E-state index is 0.602. The Morgan fingerprint density at radius 1 is 0.422 bits per heavy atom. The second-order valence-corrected chi connectivity index (χ2v) is 12.0. The molecular weight excluding hydrogens is 571 g/mol. The third-order valence-corrected chi connectivity index (χ3v) is 9.41. The molecule has 0 unspecified atom stereocenters.